The SMILES string of the molecule is CC1CCCN(C(N)=NCc2nccn2CCCc2ccccc2)C1. The number of aromatic nitrogens is 2. The highest BCUT2D eigenvalue weighted by Gasteiger charge is 2.17. The van der Waals surface area contributed by atoms with Crippen LogP contribution < -0.4 is 5.73 Å². The molecule has 1 atom stereocenters. The zero-order valence-corrected chi connectivity index (χ0v) is 15.1. The molecule has 1 unspecified atom stereocenters. The molecule has 2 aromatic rings. The molecule has 1 fully saturated rings. The van der Waals surface area contributed by atoms with Crippen molar-refractivity contribution >= 4 is 5.96 Å². The third kappa shape index (κ3) is 5.08. The van der Waals surface area contributed by atoms with Gasteiger partial charge in [0.15, 0.2) is 5.96 Å². The maximum atomic E-state index is 6.19. The van der Waals surface area contributed by atoms with Crippen LogP contribution in [0.15, 0.2) is 47.7 Å². The average Bonchev–Trinajstić information content (AvgIpc) is 3.08. The zero-order chi connectivity index (χ0) is 17.5. The molecule has 2 N–H and O–H groups in total. The van der Waals surface area contributed by atoms with E-state index in [1.165, 1.54) is 18.4 Å². The number of aryl methyl sites for hydroxylation is 2. The Hall–Kier alpha value is -2.30. The molecule has 0 saturated carbocycles. The number of rotatable bonds is 6. The van der Waals surface area contributed by atoms with Gasteiger partial charge >= 0.3 is 0 Å². The number of piperidine rings is 1. The van der Waals surface area contributed by atoms with E-state index in [1.807, 2.05) is 12.4 Å². The Balaban J connectivity index is 1.51. The van der Waals surface area contributed by atoms with Crippen LogP contribution in [0.2, 0.25) is 0 Å². The van der Waals surface area contributed by atoms with E-state index < -0.39 is 0 Å². The highest BCUT2D eigenvalue weighted by molar-refractivity contribution is 5.78. The summed E-state index contributed by atoms with van der Waals surface area (Å²) in [6.07, 6.45) is 8.55. The van der Waals surface area contributed by atoms with Crippen molar-refractivity contribution in [3.63, 3.8) is 0 Å². The summed E-state index contributed by atoms with van der Waals surface area (Å²) < 4.78 is 2.19. The lowest BCUT2D eigenvalue weighted by Gasteiger charge is -2.31. The molecule has 5 nitrogen and oxygen atoms in total. The number of nitrogens with two attached hydrogens (primary N) is 1. The molecular formula is C20H29N5. The Morgan fingerprint density at radius 1 is 1.32 bits per heavy atom. The molecule has 25 heavy (non-hydrogen) atoms. The standard InChI is InChI=1S/C20H29N5/c1-17-7-5-13-25(16-17)20(21)23-15-19-22-11-14-24(19)12-6-10-18-8-3-2-4-9-18/h2-4,8-9,11,14,17H,5-7,10,12-13,15-16H2,1H3,(H2,21,23). The molecule has 0 amide bonds. The van der Waals surface area contributed by atoms with Crippen LogP contribution in [0.4, 0.5) is 0 Å². The number of likely N-dealkylation sites (tertiary alicyclic amines) is 1. The number of nitrogens with zero attached hydrogens (tertiary/aromatic N) is 4. The first-order chi connectivity index (χ1) is 12.2. The van der Waals surface area contributed by atoms with Gasteiger partial charge in [0.2, 0.25) is 0 Å². The fourth-order valence-electron chi connectivity index (χ4n) is 3.44. The molecule has 0 spiro atoms. The molecule has 3 rings (SSSR count). The Morgan fingerprint density at radius 3 is 2.96 bits per heavy atom. The van der Waals surface area contributed by atoms with E-state index >= 15 is 0 Å². The maximum absolute atomic E-state index is 6.19. The Morgan fingerprint density at radius 2 is 2.16 bits per heavy atom. The van der Waals surface area contributed by atoms with Crippen LogP contribution in [-0.2, 0) is 19.5 Å². The van der Waals surface area contributed by atoms with Crippen LogP contribution in [-0.4, -0.2) is 33.5 Å². The molecule has 1 saturated heterocycles. The number of aliphatic imine (C=N–C) groups is 1. The fraction of sp³-hybridized carbons (Fsp3) is 0.500. The summed E-state index contributed by atoms with van der Waals surface area (Å²) >= 11 is 0. The first kappa shape index (κ1) is 17.5. The number of imidazole rings is 1. The normalized spacial score (nSPS) is 18.5. The van der Waals surface area contributed by atoms with Crippen molar-refractivity contribution in [2.24, 2.45) is 16.6 Å². The molecule has 0 bridgehead atoms. The highest BCUT2D eigenvalue weighted by atomic mass is 15.3. The van der Waals surface area contributed by atoms with Gasteiger partial charge in [-0.15, -0.1) is 0 Å². The summed E-state index contributed by atoms with van der Waals surface area (Å²) in [5, 5.41) is 0. The molecule has 1 aromatic carbocycles. The Kier molecular flexibility index (Phi) is 6.09. The first-order valence-electron chi connectivity index (χ1n) is 9.31. The number of hydrogen-bond donors (Lipinski definition) is 1. The lowest BCUT2D eigenvalue weighted by Crippen LogP contribution is -2.43. The summed E-state index contributed by atoms with van der Waals surface area (Å²) in [6.45, 7) is 5.82. The van der Waals surface area contributed by atoms with Gasteiger partial charge < -0.3 is 15.2 Å². The average molecular weight is 339 g/mol. The Labute approximate surface area is 150 Å². The van der Waals surface area contributed by atoms with Gasteiger partial charge in [0.25, 0.3) is 0 Å². The van der Waals surface area contributed by atoms with Crippen molar-refractivity contribution in [2.45, 2.75) is 45.7 Å². The molecule has 134 valence electrons. The van der Waals surface area contributed by atoms with Crippen LogP contribution in [0.5, 0.6) is 0 Å². The van der Waals surface area contributed by atoms with Gasteiger partial charge in [0.05, 0.1) is 0 Å². The van der Waals surface area contributed by atoms with Crippen molar-refractivity contribution in [3.05, 3.63) is 54.1 Å². The van der Waals surface area contributed by atoms with Gasteiger partial charge in [-0.1, -0.05) is 37.3 Å². The number of benzene rings is 1. The van der Waals surface area contributed by atoms with Crippen LogP contribution in [0.1, 0.15) is 37.6 Å². The minimum Gasteiger partial charge on any atom is -0.370 e. The van der Waals surface area contributed by atoms with E-state index in [1.54, 1.807) is 0 Å². The fourth-order valence-corrected chi connectivity index (χ4v) is 3.44. The maximum Gasteiger partial charge on any atom is 0.191 e. The van der Waals surface area contributed by atoms with Gasteiger partial charge in [0, 0.05) is 32.0 Å². The predicted molar refractivity (Wildman–Crippen MR) is 102 cm³/mol. The third-order valence-electron chi connectivity index (χ3n) is 4.87. The second kappa shape index (κ2) is 8.70. The second-order valence-electron chi connectivity index (χ2n) is 6.99. The molecule has 1 aliphatic heterocycles. The zero-order valence-electron chi connectivity index (χ0n) is 15.1. The molecule has 1 aromatic heterocycles. The van der Waals surface area contributed by atoms with Crippen molar-refractivity contribution < 1.29 is 0 Å². The van der Waals surface area contributed by atoms with Crippen LogP contribution in [0.3, 0.4) is 0 Å². The van der Waals surface area contributed by atoms with Gasteiger partial charge in [-0.3, -0.25) is 0 Å². The third-order valence-corrected chi connectivity index (χ3v) is 4.87. The largest absolute Gasteiger partial charge is 0.370 e. The van der Waals surface area contributed by atoms with Crippen molar-refractivity contribution in [2.75, 3.05) is 13.1 Å². The molecular weight excluding hydrogens is 310 g/mol. The molecule has 2 heterocycles. The van der Waals surface area contributed by atoms with Crippen molar-refractivity contribution in [1.82, 2.24) is 14.5 Å². The number of guanidine groups is 1. The first-order valence-corrected chi connectivity index (χ1v) is 9.31. The lowest BCUT2D eigenvalue weighted by atomic mass is 10.0. The summed E-state index contributed by atoms with van der Waals surface area (Å²) in [6, 6.07) is 10.6. The van der Waals surface area contributed by atoms with Crippen LogP contribution in [0.25, 0.3) is 0 Å². The second-order valence-corrected chi connectivity index (χ2v) is 6.99. The van der Waals surface area contributed by atoms with Gasteiger partial charge in [-0.25, -0.2) is 9.98 Å². The van der Waals surface area contributed by atoms with Crippen LogP contribution in [0, 0.1) is 5.92 Å². The minimum absolute atomic E-state index is 0.551. The van der Waals surface area contributed by atoms with Gasteiger partial charge in [-0.05, 0) is 37.2 Å². The summed E-state index contributed by atoms with van der Waals surface area (Å²) in [4.78, 5) is 11.2. The lowest BCUT2D eigenvalue weighted by molar-refractivity contribution is 0.270. The van der Waals surface area contributed by atoms with Crippen molar-refractivity contribution in [1.29, 1.82) is 0 Å². The molecule has 0 radical (unpaired) electrons. The number of hydrogen-bond acceptors (Lipinski definition) is 2. The molecule has 1 aliphatic rings. The smallest absolute Gasteiger partial charge is 0.191 e. The van der Waals surface area contributed by atoms with Gasteiger partial charge in [0.1, 0.15) is 12.4 Å². The highest BCUT2D eigenvalue weighted by Crippen LogP contribution is 2.15. The van der Waals surface area contributed by atoms with Crippen LogP contribution >= 0.6 is 0 Å². The predicted octanol–water partition coefficient (Wildman–Crippen LogP) is 3.06. The molecule has 5 heteroatoms. The van der Waals surface area contributed by atoms with Gasteiger partial charge in [-0.2, -0.15) is 0 Å². The minimum atomic E-state index is 0.551. The quantitative estimate of drug-likeness (QED) is 0.650. The summed E-state index contributed by atoms with van der Waals surface area (Å²) in [5.41, 5.74) is 7.57. The van der Waals surface area contributed by atoms with E-state index in [9.17, 15) is 0 Å². The molecule has 0 aliphatic carbocycles. The van der Waals surface area contributed by atoms with Crippen molar-refractivity contribution in [3.8, 4) is 0 Å². The van der Waals surface area contributed by atoms with E-state index in [-0.39, 0.29) is 0 Å². The van der Waals surface area contributed by atoms with E-state index in [4.69, 9.17) is 5.73 Å². The summed E-state index contributed by atoms with van der Waals surface area (Å²) in [7, 11) is 0. The summed E-state index contributed by atoms with van der Waals surface area (Å²) in [5.74, 6) is 2.34. The van der Waals surface area contributed by atoms with E-state index in [2.05, 4.69) is 56.7 Å². The Bertz CT molecular complexity index is 676. The van der Waals surface area contributed by atoms with E-state index in [0.717, 1.165) is 38.3 Å². The van der Waals surface area contributed by atoms with E-state index in [0.29, 0.717) is 18.4 Å². The monoisotopic (exact) mass is 339 g/mol. The topological polar surface area (TPSA) is 59.4 Å².